The van der Waals surface area contributed by atoms with Crippen molar-refractivity contribution < 1.29 is 9.90 Å². The number of hydrogen-bond donors (Lipinski definition) is 2. The van der Waals surface area contributed by atoms with Gasteiger partial charge in [0.2, 0.25) is 0 Å². The molecule has 1 aromatic rings. The molecule has 1 aromatic heterocycles. The number of thiophene rings is 1. The van der Waals surface area contributed by atoms with Crippen LogP contribution < -0.4 is 5.32 Å². The smallest absolute Gasteiger partial charge is 0.345 e. The van der Waals surface area contributed by atoms with Crippen molar-refractivity contribution in [2.45, 2.75) is 0 Å². The summed E-state index contributed by atoms with van der Waals surface area (Å²) in [5.74, 6) is 4.82. The summed E-state index contributed by atoms with van der Waals surface area (Å²) in [6.07, 6.45) is 0. The van der Waals surface area contributed by atoms with Gasteiger partial charge in [-0.2, -0.15) is 0 Å². The van der Waals surface area contributed by atoms with E-state index in [4.69, 9.17) is 5.11 Å². The van der Waals surface area contributed by atoms with E-state index in [1.54, 1.807) is 11.4 Å². The molecule has 0 saturated carbocycles. The van der Waals surface area contributed by atoms with Gasteiger partial charge in [0, 0.05) is 10.9 Å². The lowest BCUT2D eigenvalue weighted by molar-refractivity contribution is 0.0702. The molecule has 1 rings (SSSR count). The SMILES string of the molecule is CNCC#Cc1csc(C(=O)O)c1. The zero-order chi connectivity index (χ0) is 9.68. The highest BCUT2D eigenvalue weighted by atomic mass is 32.1. The van der Waals surface area contributed by atoms with Gasteiger partial charge in [-0.25, -0.2) is 4.79 Å². The van der Waals surface area contributed by atoms with Gasteiger partial charge >= 0.3 is 5.97 Å². The molecule has 13 heavy (non-hydrogen) atoms. The Bertz CT molecular complexity index is 359. The minimum atomic E-state index is -0.897. The summed E-state index contributed by atoms with van der Waals surface area (Å²) in [6.45, 7) is 0.609. The predicted molar refractivity (Wildman–Crippen MR) is 52.1 cm³/mol. The van der Waals surface area contributed by atoms with Crippen molar-refractivity contribution in [3.05, 3.63) is 21.9 Å². The molecule has 0 fully saturated rings. The molecule has 0 aliphatic rings. The van der Waals surface area contributed by atoms with Crippen molar-refractivity contribution in [3.63, 3.8) is 0 Å². The summed E-state index contributed by atoms with van der Waals surface area (Å²) in [4.78, 5) is 10.8. The molecule has 0 aliphatic heterocycles. The minimum Gasteiger partial charge on any atom is -0.477 e. The molecule has 0 radical (unpaired) electrons. The first-order valence-corrected chi connectivity index (χ1v) is 4.57. The molecule has 0 aliphatic carbocycles. The molecule has 2 N–H and O–H groups in total. The molecule has 0 amide bonds. The topological polar surface area (TPSA) is 49.3 Å². The molecule has 0 saturated heterocycles. The highest BCUT2D eigenvalue weighted by Gasteiger charge is 2.04. The number of aromatic carboxylic acids is 1. The van der Waals surface area contributed by atoms with Crippen LogP contribution in [-0.2, 0) is 0 Å². The molecule has 0 aromatic carbocycles. The monoisotopic (exact) mass is 195 g/mol. The fraction of sp³-hybridized carbons (Fsp3) is 0.222. The van der Waals surface area contributed by atoms with Gasteiger partial charge in [0.15, 0.2) is 0 Å². The van der Waals surface area contributed by atoms with E-state index in [-0.39, 0.29) is 0 Å². The Morgan fingerprint density at radius 2 is 2.54 bits per heavy atom. The average molecular weight is 195 g/mol. The van der Waals surface area contributed by atoms with Crippen LogP contribution in [0.5, 0.6) is 0 Å². The molecule has 0 bridgehead atoms. The third kappa shape index (κ3) is 2.90. The molecule has 0 spiro atoms. The minimum absolute atomic E-state index is 0.328. The first-order chi connectivity index (χ1) is 6.24. The van der Waals surface area contributed by atoms with Gasteiger partial charge in [0.05, 0.1) is 6.54 Å². The zero-order valence-corrected chi connectivity index (χ0v) is 7.94. The van der Waals surface area contributed by atoms with Gasteiger partial charge in [-0.05, 0) is 13.1 Å². The lowest BCUT2D eigenvalue weighted by Crippen LogP contribution is -2.04. The number of carboxylic acid groups (broad SMARTS) is 1. The van der Waals surface area contributed by atoms with E-state index in [0.29, 0.717) is 11.4 Å². The van der Waals surface area contributed by atoms with Gasteiger partial charge in [0.25, 0.3) is 0 Å². The van der Waals surface area contributed by atoms with Gasteiger partial charge in [-0.3, -0.25) is 0 Å². The fourth-order valence-electron chi connectivity index (χ4n) is 0.749. The van der Waals surface area contributed by atoms with E-state index in [9.17, 15) is 4.79 Å². The van der Waals surface area contributed by atoms with Crippen molar-refractivity contribution in [1.82, 2.24) is 5.32 Å². The average Bonchev–Trinajstić information content (AvgIpc) is 2.53. The normalized spacial score (nSPS) is 9.00. The van der Waals surface area contributed by atoms with E-state index in [0.717, 1.165) is 5.56 Å². The zero-order valence-electron chi connectivity index (χ0n) is 7.13. The van der Waals surface area contributed by atoms with Crippen LogP contribution in [0.15, 0.2) is 11.4 Å². The standard InChI is InChI=1S/C9H9NO2S/c1-10-4-2-3-7-5-8(9(11)12)13-6-7/h5-6,10H,4H2,1H3,(H,11,12). The van der Waals surface area contributed by atoms with Crippen molar-refractivity contribution in [2.75, 3.05) is 13.6 Å². The maximum absolute atomic E-state index is 10.5. The first kappa shape index (κ1) is 9.78. The molecule has 0 unspecified atom stereocenters. The van der Waals surface area contributed by atoms with Crippen molar-refractivity contribution in [2.24, 2.45) is 0 Å². The van der Waals surface area contributed by atoms with Crippen molar-refractivity contribution >= 4 is 17.3 Å². The first-order valence-electron chi connectivity index (χ1n) is 3.69. The van der Waals surface area contributed by atoms with Gasteiger partial charge < -0.3 is 10.4 Å². The van der Waals surface area contributed by atoms with Crippen LogP contribution in [0, 0.1) is 11.8 Å². The summed E-state index contributed by atoms with van der Waals surface area (Å²) < 4.78 is 0. The molecule has 3 nitrogen and oxygen atoms in total. The Kier molecular flexibility index (Phi) is 3.50. The van der Waals surface area contributed by atoms with Crippen LogP contribution in [0.25, 0.3) is 0 Å². The van der Waals surface area contributed by atoms with Gasteiger partial charge in [-0.1, -0.05) is 11.8 Å². The quantitative estimate of drug-likeness (QED) is 0.693. The highest BCUT2D eigenvalue weighted by Crippen LogP contribution is 2.13. The van der Waals surface area contributed by atoms with E-state index >= 15 is 0 Å². The number of carboxylic acids is 1. The second-order valence-corrected chi connectivity index (χ2v) is 3.25. The molecule has 4 heteroatoms. The van der Waals surface area contributed by atoms with Gasteiger partial charge in [0.1, 0.15) is 4.88 Å². The second kappa shape index (κ2) is 4.65. The lowest BCUT2D eigenvalue weighted by Gasteiger charge is -1.82. The van der Waals surface area contributed by atoms with Crippen LogP contribution in [0.4, 0.5) is 0 Å². The Hall–Kier alpha value is -1.31. The largest absolute Gasteiger partial charge is 0.477 e. The molecule has 0 atom stereocenters. The van der Waals surface area contributed by atoms with Crippen LogP contribution >= 0.6 is 11.3 Å². The van der Waals surface area contributed by atoms with Crippen LogP contribution in [-0.4, -0.2) is 24.7 Å². The predicted octanol–water partition coefficient (Wildman–Crippen LogP) is 1.02. The van der Waals surface area contributed by atoms with E-state index in [1.165, 1.54) is 11.3 Å². The Morgan fingerprint density at radius 1 is 1.77 bits per heavy atom. The summed E-state index contributed by atoms with van der Waals surface area (Å²) in [7, 11) is 1.81. The Morgan fingerprint density at radius 3 is 3.08 bits per heavy atom. The lowest BCUT2D eigenvalue weighted by atomic mass is 10.3. The molecule has 68 valence electrons. The molecular formula is C9H9NO2S. The number of rotatable bonds is 2. The fourth-order valence-corrected chi connectivity index (χ4v) is 1.43. The van der Waals surface area contributed by atoms with Crippen LogP contribution in [0.3, 0.4) is 0 Å². The Balaban J connectivity index is 2.71. The number of carbonyl (C=O) groups is 1. The summed E-state index contributed by atoms with van der Waals surface area (Å²) in [5.41, 5.74) is 0.762. The molecular weight excluding hydrogens is 186 g/mol. The highest BCUT2D eigenvalue weighted by molar-refractivity contribution is 7.12. The Labute approximate surface area is 80.4 Å². The van der Waals surface area contributed by atoms with Crippen molar-refractivity contribution in [1.29, 1.82) is 0 Å². The van der Waals surface area contributed by atoms with Crippen LogP contribution in [0.2, 0.25) is 0 Å². The maximum atomic E-state index is 10.5. The third-order valence-electron chi connectivity index (χ3n) is 1.31. The number of hydrogen-bond acceptors (Lipinski definition) is 3. The molecule has 1 heterocycles. The summed E-state index contributed by atoms with van der Waals surface area (Å²) in [6, 6.07) is 1.58. The second-order valence-electron chi connectivity index (χ2n) is 2.34. The van der Waals surface area contributed by atoms with Crippen LogP contribution in [0.1, 0.15) is 15.2 Å². The van der Waals surface area contributed by atoms with Crippen molar-refractivity contribution in [3.8, 4) is 11.8 Å². The van der Waals surface area contributed by atoms with Gasteiger partial charge in [-0.15, -0.1) is 11.3 Å². The summed E-state index contributed by atoms with van der Waals surface area (Å²) >= 11 is 1.19. The third-order valence-corrected chi connectivity index (χ3v) is 2.23. The van der Waals surface area contributed by atoms with E-state index in [2.05, 4.69) is 17.2 Å². The number of nitrogens with one attached hydrogen (secondary N) is 1. The van der Waals surface area contributed by atoms with E-state index in [1.807, 2.05) is 7.05 Å². The van der Waals surface area contributed by atoms with E-state index < -0.39 is 5.97 Å². The maximum Gasteiger partial charge on any atom is 0.345 e. The summed E-state index contributed by atoms with van der Waals surface area (Å²) in [5, 5.41) is 13.2.